The summed E-state index contributed by atoms with van der Waals surface area (Å²) >= 11 is 1.79. The fraction of sp³-hybridized carbons (Fsp3) is 0.588. The fourth-order valence-corrected chi connectivity index (χ4v) is 3.63. The summed E-state index contributed by atoms with van der Waals surface area (Å²) in [5.74, 6) is 2.21. The number of ether oxygens (including phenoxy) is 2. The molecule has 1 aliphatic carbocycles. The molecule has 2 unspecified atom stereocenters. The van der Waals surface area contributed by atoms with E-state index >= 15 is 0 Å². The van der Waals surface area contributed by atoms with Crippen LogP contribution in [0.15, 0.2) is 17.1 Å². The Morgan fingerprint density at radius 3 is 2.79 bits per heavy atom. The molecule has 1 saturated carbocycles. The Labute approximate surface area is 148 Å². The maximum atomic E-state index is 6.09. The molecule has 24 heavy (non-hydrogen) atoms. The van der Waals surface area contributed by atoms with Crippen LogP contribution in [0.4, 0.5) is 5.69 Å². The van der Waals surface area contributed by atoms with Crippen LogP contribution in [-0.4, -0.2) is 42.9 Å². The van der Waals surface area contributed by atoms with Crippen molar-refractivity contribution in [1.29, 1.82) is 0 Å². The van der Waals surface area contributed by atoms with E-state index in [1.165, 1.54) is 12.8 Å². The Morgan fingerprint density at radius 2 is 2.12 bits per heavy atom. The lowest BCUT2D eigenvalue weighted by atomic mass is 10.2. The first kappa shape index (κ1) is 17.4. The highest BCUT2D eigenvalue weighted by molar-refractivity contribution is 8.00. The average molecular weight is 350 g/mol. The zero-order valence-corrected chi connectivity index (χ0v) is 15.5. The smallest absolute Gasteiger partial charge is 0.212 e. The molecule has 1 aromatic rings. The molecule has 0 bridgehead atoms. The predicted octanol–water partition coefficient (Wildman–Crippen LogP) is 2.85. The van der Waals surface area contributed by atoms with Gasteiger partial charge in [0.25, 0.3) is 0 Å². The third-order valence-electron chi connectivity index (χ3n) is 4.27. The molecule has 2 atom stereocenters. The van der Waals surface area contributed by atoms with Gasteiger partial charge < -0.3 is 14.4 Å². The van der Waals surface area contributed by atoms with Crippen molar-refractivity contribution in [3.8, 4) is 11.5 Å². The van der Waals surface area contributed by atoms with Gasteiger partial charge in [-0.25, -0.2) is 15.8 Å². The van der Waals surface area contributed by atoms with Crippen LogP contribution in [0.1, 0.15) is 25.3 Å². The number of benzene rings is 1. The summed E-state index contributed by atoms with van der Waals surface area (Å²) in [7, 11) is 3.66. The van der Waals surface area contributed by atoms with Crippen LogP contribution in [0.5, 0.6) is 11.5 Å². The van der Waals surface area contributed by atoms with Gasteiger partial charge in [0, 0.05) is 19.7 Å². The van der Waals surface area contributed by atoms with Crippen LogP contribution < -0.4 is 20.3 Å². The largest absolute Gasteiger partial charge is 0.493 e. The summed E-state index contributed by atoms with van der Waals surface area (Å²) in [4.78, 5) is 6.56. The Morgan fingerprint density at radius 1 is 1.33 bits per heavy atom. The average Bonchev–Trinajstić information content (AvgIpc) is 3.33. The lowest BCUT2D eigenvalue weighted by Gasteiger charge is -2.17. The molecule has 3 rings (SSSR count). The number of thioether (sulfide) groups is 1. The molecule has 2 fully saturated rings. The molecular weight excluding hydrogens is 324 g/mol. The van der Waals surface area contributed by atoms with Gasteiger partial charge in [-0.15, -0.1) is 0 Å². The monoisotopic (exact) mass is 350 g/mol. The van der Waals surface area contributed by atoms with E-state index in [4.69, 9.17) is 9.47 Å². The summed E-state index contributed by atoms with van der Waals surface area (Å²) < 4.78 is 11.6. The van der Waals surface area contributed by atoms with E-state index in [0.29, 0.717) is 11.1 Å². The second kappa shape index (κ2) is 7.63. The van der Waals surface area contributed by atoms with E-state index in [2.05, 4.69) is 22.8 Å². The number of nitrogens with one attached hydrogen (secondary N) is 2. The SMILES string of the molecule is CCN(C)C=Nc1cc(OC)c(OC2NNC(C3CC3)S2)cc1C. The predicted molar refractivity (Wildman–Crippen MR) is 99.0 cm³/mol. The number of aryl methyl sites for hydroxylation is 1. The lowest BCUT2D eigenvalue weighted by Crippen LogP contribution is -2.36. The van der Waals surface area contributed by atoms with Gasteiger partial charge in [0.05, 0.1) is 24.5 Å². The highest BCUT2D eigenvalue weighted by atomic mass is 32.2. The van der Waals surface area contributed by atoms with Gasteiger partial charge in [0.2, 0.25) is 5.56 Å². The first-order valence-corrected chi connectivity index (χ1v) is 9.31. The van der Waals surface area contributed by atoms with Gasteiger partial charge in [0.15, 0.2) is 11.5 Å². The van der Waals surface area contributed by atoms with Crippen LogP contribution in [0, 0.1) is 12.8 Å². The number of methoxy groups -OCH3 is 1. The van der Waals surface area contributed by atoms with E-state index in [1.54, 1.807) is 18.9 Å². The molecule has 1 heterocycles. The molecule has 132 valence electrons. The highest BCUT2D eigenvalue weighted by Crippen LogP contribution is 2.42. The van der Waals surface area contributed by atoms with E-state index in [0.717, 1.165) is 29.5 Å². The van der Waals surface area contributed by atoms with Crippen molar-refractivity contribution in [2.24, 2.45) is 10.9 Å². The summed E-state index contributed by atoms with van der Waals surface area (Å²) in [5.41, 5.74) is 8.36. The van der Waals surface area contributed by atoms with Crippen molar-refractivity contribution in [3.63, 3.8) is 0 Å². The molecule has 0 radical (unpaired) electrons. The fourth-order valence-electron chi connectivity index (χ4n) is 2.44. The van der Waals surface area contributed by atoms with Crippen molar-refractivity contribution in [2.45, 2.75) is 37.6 Å². The van der Waals surface area contributed by atoms with Crippen LogP contribution in [0.2, 0.25) is 0 Å². The first-order chi connectivity index (χ1) is 11.6. The minimum atomic E-state index is -0.107. The number of aliphatic imine (C=N–C) groups is 1. The molecule has 0 amide bonds. The standard InChI is InChI=1S/C17H26N4O2S/c1-5-21(3)10-18-13-9-14(22-4)15(8-11(13)2)23-17-20-19-16(24-17)12-6-7-12/h8-10,12,16-17,19-20H,5-7H2,1-4H3. The van der Waals surface area contributed by atoms with Crippen LogP contribution in [0.3, 0.4) is 0 Å². The van der Waals surface area contributed by atoms with Gasteiger partial charge in [-0.3, -0.25) is 0 Å². The molecular formula is C17H26N4O2S. The van der Waals surface area contributed by atoms with E-state index in [9.17, 15) is 0 Å². The molecule has 2 aliphatic rings. The Bertz CT molecular complexity index is 606. The van der Waals surface area contributed by atoms with Crippen molar-refractivity contribution >= 4 is 23.8 Å². The van der Waals surface area contributed by atoms with Gasteiger partial charge >= 0.3 is 0 Å². The molecule has 0 aromatic heterocycles. The minimum absolute atomic E-state index is 0.107. The van der Waals surface area contributed by atoms with E-state index in [1.807, 2.05) is 37.3 Å². The normalized spacial score (nSPS) is 23.7. The summed E-state index contributed by atoms with van der Waals surface area (Å²) in [6.45, 7) is 5.04. The second-order valence-electron chi connectivity index (χ2n) is 6.24. The van der Waals surface area contributed by atoms with E-state index in [-0.39, 0.29) is 5.56 Å². The van der Waals surface area contributed by atoms with Crippen LogP contribution in [-0.2, 0) is 0 Å². The zero-order valence-electron chi connectivity index (χ0n) is 14.7. The number of hydrogen-bond acceptors (Lipinski definition) is 6. The van der Waals surface area contributed by atoms with Crippen molar-refractivity contribution in [3.05, 3.63) is 17.7 Å². The zero-order chi connectivity index (χ0) is 17.1. The quantitative estimate of drug-likeness (QED) is 0.582. The Hall–Kier alpha value is -1.44. The Kier molecular flexibility index (Phi) is 5.53. The number of rotatable bonds is 7. The van der Waals surface area contributed by atoms with Crippen LogP contribution in [0.25, 0.3) is 0 Å². The number of hydrazine groups is 1. The third kappa shape index (κ3) is 4.15. The van der Waals surface area contributed by atoms with Gasteiger partial charge in [-0.05, 0) is 44.2 Å². The van der Waals surface area contributed by atoms with Crippen molar-refractivity contribution in [1.82, 2.24) is 15.8 Å². The number of nitrogens with zero attached hydrogens (tertiary/aromatic N) is 2. The molecule has 1 saturated heterocycles. The topological polar surface area (TPSA) is 58.1 Å². The molecule has 1 aromatic carbocycles. The molecule has 1 aliphatic heterocycles. The van der Waals surface area contributed by atoms with Gasteiger partial charge in [0.1, 0.15) is 0 Å². The molecule has 2 N–H and O–H groups in total. The molecule has 0 spiro atoms. The van der Waals surface area contributed by atoms with Gasteiger partial charge in [-0.1, -0.05) is 11.8 Å². The van der Waals surface area contributed by atoms with Gasteiger partial charge in [-0.2, -0.15) is 0 Å². The van der Waals surface area contributed by atoms with Crippen LogP contribution >= 0.6 is 11.8 Å². The summed E-state index contributed by atoms with van der Waals surface area (Å²) in [6.07, 6.45) is 4.45. The minimum Gasteiger partial charge on any atom is -0.493 e. The molecule has 7 heteroatoms. The summed E-state index contributed by atoms with van der Waals surface area (Å²) in [5, 5.41) is 0.440. The summed E-state index contributed by atoms with van der Waals surface area (Å²) in [6, 6.07) is 3.92. The second-order valence-corrected chi connectivity index (χ2v) is 7.45. The first-order valence-electron chi connectivity index (χ1n) is 8.37. The third-order valence-corrected chi connectivity index (χ3v) is 5.53. The van der Waals surface area contributed by atoms with Crippen molar-refractivity contribution in [2.75, 3.05) is 20.7 Å². The Balaban J connectivity index is 1.71. The molecule has 6 nitrogen and oxygen atoms in total. The number of hydrogen-bond donors (Lipinski definition) is 2. The lowest BCUT2D eigenvalue weighted by molar-refractivity contribution is 0.229. The maximum Gasteiger partial charge on any atom is 0.212 e. The van der Waals surface area contributed by atoms with E-state index < -0.39 is 0 Å². The van der Waals surface area contributed by atoms with Crippen molar-refractivity contribution < 1.29 is 9.47 Å². The highest BCUT2D eigenvalue weighted by Gasteiger charge is 2.38. The maximum absolute atomic E-state index is 6.09.